The zero-order valence-electron chi connectivity index (χ0n) is 10.2. The average Bonchev–Trinajstić information content (AvgIpc) is 2.63. The highest BCUT2D eigenvalue weighted by molar-refractivity contribution is 6.04. The third-order valence-corrected chi connectivity index (χ3v) is 3.64. The number of nitrogens with zero attached hydrogens (tertiary/aromatic N) is 1. The number of carboxylic acids is 1. The fraction of sp³-hybridized carbons (Fsp3) is 0.750. The third kappa shape index (κ3) is 2.63. The summed E-state index contributed by atoms with van der Waals surface area (Å²) in [7, 11) is 0. The van der Waals surface area contributed by atoms with Crippen LogP contribution in [0.15, 0.2) is 0 Å². The lowest BCUT2D eigenvalue weighted by Gasteiger charge is -2.28. The van der Waals surface area contributed by atoms with E-state index in [1.807, 2.05) is 0 Å². The van der Waals surface area contributed by atoms with Crippen LogP contribution in [-0.4, -0.2) is 40.0 Å². The van der Waals surface area contributed by atoms with Gasteiger partial charge in [-0.3, -0.25) is 14.5 Å². The van der Waals surface area contributed by atoms with Crippen molar-refractivity contribution < 1.29 is 19.5 Å². The molecule has 0 radical (unpaired) electrons. The highest BCUT2D eigenvalue weighted by Gasteiger charge is 2.41. The molecule has 2 N–H and O–H groups in total. The molecular formula is C12H18N2O4. The van der Waals surface area contributed by atoms with Gasteiger partial charge in [0, 0.05) is 12.5 Å². The van der Waals surface area contributed by atoms with Gasteiger partial charge in [-0.15, -0.1) is 0 Å². The first-order chi connectivity index (χ1) is 8.59. The summed E-state index contributed by atoms with van der Waals surface area (Å²) in [4.78, 5) is 35.7. The predicted octanol–water partition coefficient (Wildman–Crippen LogP) is 1.10. The number of carbonyl (C=O) groups excluding carboxylic acids is 2. The first kappa shape index (κ1) is 12.9. The van der Waals surface area contributed by atoms with Gasteiger partial charge in [0.1, 0.15) is 6.04 Å². The SMILES string of the molecule is O=C(O)CC[C@H]1NC(=O)N(C2CCCCC2)C1=O. The minimum absolute atomic E-state index is 0.000998. The molecule has 0 unspecified atom stereocenters. The van der Waals surface area contributed by atoms with Crippen molar-refractivity contribution in [2.45, 2.75) is 57.0 Å². The highest BCUT2D eigenvalue weighted by atomic mass is 16.4. The van der Waals surface area contributed by atoms with Crippen molar-refractivity contribution in [1.29, 1.82) is 0 Å². The predicted molar refractivity (Wildman–Crippen MR) is 62.9 cm³/mol. The summed E-state index contributed by atoms with van der Waals surface area (Å²) >= 11 is 0. The van der Waals surface area contributed by atoms with Crippen LogP contribution in [0, 0.1) is 0 Å². The lowest BCUT2D eigenvalue weighted by Crippen LogP contribution is -2.42. The lowest BCUT2D eigenvalue weighted by molar-refractivity contribution is -0.137. The maximum absolute atomic E-state index is 12.1. The Morgan fingerprint density at radius 2 is 1.94 bits per heavy atom. The van der Waals surface area contributed by atoms with Crippen molar-refractivity contribution in [2.75, 3.05) is 0 Å². The summed E-state index contributed by atoms with van der Waals surface area (Å²) in [6.07, 6.45) is 5.04. The molecule has 0 aromatic carbocycles. The van der Waals surface area contributed by atoms with Crippen LogP contribution in [0.4, 0.5) is 4.79 Å². The highest BCUT2D eigenvalue weighted by Crippen LogP contribution is 2.26. The van der Waals surface area contributed by atoms with Gasteiger partial charge in [0.25, 0.3) is 5.91 Å². The second kappa shape index (κ2) is 5.37. The van der Waals surface area contributed by atoms with E-state index in [1.165, 1.54) is 4.90 Å². The molecule has 0 bridgehead atoms. The summed E-state index contributed by atoms with van der Waals surface area (Å²) in [5, 5.41) is 11.2. The molecule has 2 aliphatic rings. The van der Waals surface area contributed by atoms with Gasteiger partial charge in [-0.1, -0.05) is 19.3 Å². The van der Waals surface area contributed by atoms with Crippen LogP contribution in [0.1, 0.15) is 44.9 Å². The largest absolute Gasteiger partial charge is 0.481 e. The van der Waals surface area contributed by atoms with E-state index in [1.54, 1.807) is 0 Å². The lowest BCUT2D eigenvalue weighted by atomic mass is 9.94. The quantitative estimate of drug-likeness (QED) is 0.735. The maximum atomic E-state index is 12.1. The van der Waals surface area contributed by atoms with E-state index in [0.29, 0.717) is 0 Å². The molecule has 0 spiro atoms. The molecule has 2 fully saturated rings. The molecule has 1 aliphatic carbocycles. The number of imide groups is 1. The van der Waals surface area contributed by atoms with Crippen molar-refractivity contribution in [1.82, 2.24) is 10.2 Å². The second-order valence-corrected chi connectivity index (χ2v) is 4.93. The fourth-order valence-corrected chi connectivity index (χ4v) is 2.70. The van der Waals surface area contributed by atoms with E-state index >= 15 is 0 Å². The molecule has 0 aromatic heterocycles. The number of carbonyl (C=O) groups is 3. The maximum Gasteiger partial charge on any atom is 0.325 e. The minimum atomic E-state index is -0.951. The molecule has 1 saturated carbocycles. The Bertz CT molecular complexity index is 363. The van der Waals surface area contributed by atoms with E-state index in [2.05, 4.69) is 5.32 Å². The van der Waals surface area contributed by atoms with E-state index in [9.17, 15) is 14.4 Å². The zero-order chi connectivity index (χ0) is 13.1. The Balaban J connectivity index is 1.97. The van der Waals surface area contributed by atoms with Crippen LogP contribution >= 0.6 is 0 Å². The number of urea groups is 1. The molecule has 1 saturated heterocycles. The molecule has 6 nitrogen and oxygen atoms in total. The molecule has 18 heavy (non-hydrogen) atoms. The molecular weight excluding hydrogens is 236 g/mol. The monoisotopic (exact) mass is 254 g/mol. The van der Waals surface area contributed by atoms with Gasteiger partial charge < -0.3 is 10.4 Å². The normalized spacial score (nSPS) is 25.3. The van der Waals surface area contributed by atoms with Crippen LogP contribution in [0.25, 0.3) is 0 Å². The van der Waals surface area contributed by atoms with Crippen LogP contribution < -0.4 is 5.32 Å². The van der Waals surface area contributed by atoms with E-state index < -0.39 is 12.0 Å². The van der Waals surface area contributed by atoms with Crippen LogP contribution in [-0.2, 0) is 9.59 Å². The summed E-state index contributed by atoms with van der Waals surface area (Å²) in [5.74, 6) is -1.21. The first-order valence-corrected chi connectivity index (χ1v) is 6.45. The molecule has 1 heterocycles. The fourth-order valence-electron chi connectivity index (χ4n) is 2.70. The van der Waals surface area contributed by atoms with Crippen LogP contribution in [0.5, 0.6) is 0 Å². The Kier molecular flexibility index (Phi) is 3.84. The van der Waals surface area contributed by atoms with Crippen molar-refractivity contribution >= 4 is 17.9 Å². The Labute approximate surface area is 105 Å². The second-order valence-electron chi connectivity index (χ2n) is 4.93. The smallest absolute Gasteiger partial charge is 0.325 e. The van der Waals surface area contributed by atoms with E-state index in [4.69, 9.17) is 5.11 Å². The van der Waals surface area contributed by atoms with E-state index in [0.717, 1.165) is 32.1 Å². The third-order valence-electron chi connectivity index (χ3n) is 3.64. The Morgan fingerprint density at radius 3 is 2.56 bits per heavy atom. The van der Waals surface area contributed by atoms with Gasteiger partial charge in [0.05, 0.1) is 0 Å². The number of hydrogen-bond acceptors (Lipinski definition) is 3. The van der Waals surface area contributed by atoms with Gasteiger partial charge >= 0.3 is 12.0 Å². The number of rotatable bonds is 4. The van der Waals surface area contributed by atoms with Gasteiger partial charge in [-0.25, -0.2) is 4.79 Å². The minimum Gasteiger partial charge on any atom is -0.481 e. The first-order valence-electron chi connectivity index (χ1n) is 6.45. The molecule has 0 aromatic rings. The van der Waals surface area contributed by atoms with Gasteiger partial charge in [-0.2, -0.15) is 0 Å². The molecule has 6 heteroatoms. The number of amides is 3. The van der Waals surface area contributed by atoms with Gasteiger partial charge in [0.2, 0.25) is 0 Å². The summed E-state index contributed by atoms with van der Waals surface area (Å²) < 4.78 is 0. The van der Waals surface area contributed by atoms with Crippen molar-refractivity contribution in [3.8, 4) is 0 Å². The average molecular weight is 254 g/mol. The molecule has 3 amide bonds. The Hall–Kier alpha value is -1.59. The topological polar surface area (TPSA) is 86.7 Å². The van der Waals surface area contributed by atoms with Crippen molar-refractivity contribution in [3.63, 3.8) is 0 Å². The van der Waals surface area contributed by atoms with Crippen LogP contribution in [0.3, 0.4) is 0 Å². The van der Waals surface area contributed by atoms with Crippen molar-refractivity contribution in [3.05, 3.63) is 0 Å². The molecule has 1 atom stereocenters. The molecule has 100 valence electrons. The van der Waals surface area contributed by atoms with Gasteiger partial charge in [-0.05, 0) is 19.3 Å². The summed E-state index contributed by atoms with van der Waals surface area (Å²) in [6.45, 7) is 0. The molecule has 1 aliphatic heterocycles. The number of carboxylic acid groups (broad SMARTS) is 1. The van der Waals surface area contributed by atoms with E-state index in [-0.39, 0.29) is 30.8 Å². The number of aliphatic carboxylic acids is 1. The Morgan fingerprint density at radius 1 is 1.28 bits per heavy atom. The van der Waals surface area contributed by atoms with Gasteiger partial charge in [0.15, 0.2) is 0 Å². The van der Waals surface area contributed by atoms with Crippen molar-refractivity contribution in [2.24, 2.45) is 0 Å². The summed E-state index contributed by atoms with van der Waals surface area (Å²) in [6, 6.07) is -1.01. The number of nitrogens with one attached hydrogen (secondary N) is 1. The van der Waals surface area contributed by atoms with Crippen LogP contribution in [0.2, 0.25) is 0 Å². The zero-order valence-corrected chi connectivity index (χ0v) is 10.2. The number of hydrogen-bond donors (Lipinski definition) is 2. The molecule has 2 rings (SSSR count). The summed E-state index contributed by atoms with van der Waals surface area (Å²) in [5.41, 5.74) is 0. The standard InChI is InChI=1S/C12H18N2O4/c15-10(16)7-6-9-11(17)14(12(18)13-9)8-4-2-1-3-5-8/h8-9H,1-7H2,(H,13,18)(H,15,16)/t9-/m1/s1.